The third-order valence-corrected chi connectivity index (χ3v) is 3.79. The number of hydrogen-bond donors (Lipinski definition) is 1. The van der Waals surface area contributed by atoms with Crippen molar-refractivity contribution in [3.8, 4) is 17.5 Å². The molecule has 0 fully saturated rings. The van der Waals surface area contributed by atoms with Gasteiger partial charge in [0, 0.05) is 23.4 Å². The van der Waals surface area contributed by atoms with Crippen molar-refractivity contribution in [3.05, 3.63) is 78.1 Å². The summed E-state index contributed by atoms with van der Waals surface area (Å²) in [5.74, 6) is -0.0629. The van der Waals surface area contributed by atoms with Crippen molar-refractivity contribution < 1.29 is 24.1 Å². The van der Waals surface area contributed by atoms with Crippen LogP contribution in [0, 0.1) is 6.92 Å². The Labute approximate surface area is 167 Å². The van der Waals surface area contributed by atoms with Crippen LogP contribution in [0.15, 0.2) is 61.1 Å². The monoisotopic (exact) mass is 393 g/mol. The summed E-state index contributed by atoms with van der Waals surface area (Å²) in [5, 5.41) is 9.44. The second-order valence-electron chi connectivity index (χ2n) is 5.92. The van der Waals surface area contributed by atoms with Gasteiger partial charge in [-0.05, 0) is 19.1 Å². The van der Waals surface area contributed by atoms with Crippen molar-refractivity contribution in [2.75, 3.05) is 7.11 Å². The Kier molecular flexibility index (Phi) is 6.36. The van der Waals surface area contributed by atoms with Crippen LogP contribution < -0.4 is 9.47 Å². The van der Waals surface area contributed by atoms with Gasteiger partial charge in [-0.2, -0.15) is 0 Å². The van der Waals surface area contributed by atoms with Gasteiger partial charge in [-0.1, -0.05) is 24.3 Å². The Bertz CT molecular complexity index is 1040. The van der Waals surface area contributed by atoms with Gasteiger partial charge in [0.15, 0.2) is 0 Å². The molecule has 2 aromatic heterocycles. The van der Waals surface area contributed by atoms with Crippen molar-refractivity contribution in [2.24, 2.45) is 0 Å². The fraction of sp³-hybridized carbons (Fsp3) is 0.143. The van der Waals surface area contributed by atoms with Gasteiger partial charge in [0.05, 0.1) is 19.1 Å². The lowest BCUT2D eigenvalue weighted by Gasteiger charge is -2.11. The molecular formula is C21H19N3O5. The van der Waals surface area contributed by atoms with Crippen molar-refractivity contribution >= 4 is 11.5 Å². The van der Waals surface area contributed by atoms with Gasteiger partial charge < -0.3 is 19.3 Å². The van der Waals surface area contributed by atoms with Gasteiger partial charge in [-0.15, -0.1) is 0 Å². The Hall–Kier alpha value is -3.94. The summed E-state index contributed by atoms with van der Waals surface area (Å²) in [6.07, 6.45) is 2.50. The number of aryl methyl sites for hydroxylation is 1. The number of rotatable bonds is 8. The van der Waals surface area contributed by atoms with Gasteiger partial charge in [0.1, 0.15) is 24.3 Å². The molecule has 0 unspecified atom stereocenters. The summed E-state index contributed by atoms with van der Waals surface area (Å²) in [5.41, 5.74) is 1.76. The summed E-state index contributed by atoms with van der Waals surface area (Å²) in [6.45, 7) is 2.06. The first-order valence-electron chi connectivity index (χ1n) is 8.67. The number of pyridine rings is 1. The van der Waals surface area contributed by atoms with E-state index in [2.05, 4.69) is 15.0 Å². The number of aromatic nitrogens is 3. The van der Waals surface area contributed by atoms with E-state index in [0.717, 1.165) is 12.0 Å². The molecule has 0 amide bonds. The molecule has 8 heteroatoms. The molecule has 0 saturated heterocycles. The molecule has 1 aromatic carbocycles. The first kappa shape index (κ1) is 19.8. The maximum Gasteiger partial charge on any atom is 0.339 e. The van der Waals surface area contributed by atoms with Crippen LogP contribution in [0.3, 0.4) is 0 Å². The summed E-state index contributed by atoms with van der Waals surface area (Å²) in [6, 6.07) is 13.8. The molecule has 3 aromatic rings. The molecule has 148 valence electrons. The number of nitrogens with zero attached hydrogens (tertiary/aromatic N) is 3. The molecular weight excluding hydrogens is 374 g/mol. The van der Waals surface area contributed by atoms with Crippen LogP contribution in [0.4, 0.5) is 0 Å². The molecule has 0 saturated carbocycles. The lowest BCUT2D eigenvalue weighted by atomic mass is 10.1. The molecule has 0 aliphatic heterocycles. The smallest absolute Gasteiger partial charge is 0.339 e. The predicted octanol–water partition coefficient (Wildman–Crippen LogP) is 3.62. The van der Waals surface area contributed by atoms with Crippen molar-refractivity contribution in [1.82, 2.24) is 15.0 Å². The summed E-state index contributed by atoms with van der Waals surface area (Å²) in [7, 11) is 1.38. The zero-order chi connectivity index (χ0) is 20.6. The molecule has 3 rings (SSSR count). The molecule has 0 aliphatic rings. The predicted molar refractivity (Wildman–Crippen MR) is 104 cm³/mol. The Balaban J connectivity index is 1.79. The topological polar surface area (TPSA) is 104 Å². The highest BCUT2D eigenvalue weighted by Gasteiger charge is 2.17. The van der Waals surface area contributed by atoms with E-state index in [0.29, 0.717) is 22.9 Å². The van der Waals surface area contributed by atoms with Gasteiger partial charge in [-0.3, -0.25) is 0 Å². The lowest BCUT2D eigenvalue weighted by molar-refractivity contribution is -0.130. The second-order valence-corrected chi connectivity index (χ2v) is 5.92. The normalized spacial score (nSPS) is 11.0. The van der Waals surface area contributed by atoms with E-state index in [4.69, 9.17) is 14.2 Å². The minimum Gasteiger partial charge on any atom is -0.503 e. The van der Waals surface area contributed by atoms with E-state index in [1.807, 2.05) is 19.1 Å². The Morgan fingerprint density at radius 3 is 2.69 bits per heavy atom. The zero-order valence-corrected chi connectivity index (χ0v) is 15.9. The van der Waals surface area contributed by atoms with Gasteiger partial charge in [-0.25, -0.2) is 19.7 Å². The van der Waals surface area contributed by atoms with Crippen molar-refractivity contribution in [3.63, 3.8) is 0 Å². The maximum atomic E-state index is 11.5. The molecule has 8 nitrogen and oxygen atoms in total. The van der Waals surface area contributed by atoms with Crippen LogP contribution in [0.2, 0.25) is 0 Å². The van der Waals surface area contributed by atoms with Gasteiger partial charge >= 0.3 is 5.97 Å². The first-order chi connectivity index (χ1) is 14.1. The van der Waals surface area contributed by atoms with Crippen LogP contribution in [0.25, 0.3) is 5.57 Å². The Morgan fingerprint density at radius 2 is 1.93 bits per heavy atom. The summed E-state index contributed by atoms with van der Waals surface area (Å²) < 4.78 is 16.3. The number of methoxy groups -OCH3 is 1. The number of aliphatic carboxylic acids is 1. The molecule has 0 atom stereocenters. The number of ether oxygens (including phenoxy) is 3. The molecule has 29 heavy (non-hydrogen) atoms. The third-order valence-electron chi connectivity index (χ3n) is 3.79. The average molecular weight is 393 g/mol. The van der Waals surface area contributed by atoms with Gasteiger partial charge in [0.2, 0.25) is 11.8 Å². The van der Waals surface area contributed by atoms with Crippen LogP contribution in [0.1, 0.15) is 17.0 Å². The minimum atomic E-state index is -1.13. The number of carboxylic acids is 1. The number of carboxylic acid groups (broad SMARTS) is 1. The van der Waals surface area contributed by atoms with Crippen LogP contribution in [-0.4, -0.2) is 33.1 Å². The van der Waals surface area contributed by atoms with Crippen LogP contribution >= 0.6 is 0 Å². The van der Waals surface area contributed by atoms with E-state index in [1.165, 1.54) is 13.4 Å². The van der Waals surface area contributed by atoms with Crippen molar-refractivity contribution in [1.29, 1.82) is 0 Å². The third kappa shape index (κ3) is 5.29. The summed E-state index contributed by atoms with van der Waals surface area (Å²) >= 11 is 0. The second kappa shape index (κ2) is 9.32. The van der Waals surface area contributed by atoms with E-state index in [9.17, 15) is 9.90 Å². The SMILES string of the molecule is CO/C=C(/C(=O)O)c1ccccc1Oc1cc(COc2cccc(C)n2)ncn1. The van der Waals surface area contributed by atoms with E-state index in [-0.39, 0.29) is 18.1 Å². The van der Waals surface area contributed by atoms with E-state index >= 15 is 0 Å². The highest BCUT2D eigenvalue weighted by atomic mass is 16.5. The zero-order valence-electron chi connectivity index (χ0n) is 15.9. The highest BCUT2D eigenvalue weighted by molar-refractivity contribution is 6.15. The number of hydrogen-bond acceptors (Lipinski definition) is 7. The molecule has 2 heterocycles. The number of benzene rings is 1. The van der Waals surface area contributed by atoms with E-state index in [1.54, 1.807) is 36.4 Å². The molecule has 0 spiro atoms. The van der Waals surface area contributed by atoms with Gasteiger partial charge in [0.25, 0.3) is 0 Å². The highest BCUT2D eigenvalue weighted by Crippen LogP contribution is 2.30. The Morgan fingerprint density at radius 1 is 1.10 bits per heavy atom. The van der Waals surface area contributed by atoms with Crippen molar-refractivity contribution in [2.45, 2.75) is 13.5 Å². The minimum absolute atomic E-state index is 0.0359. The molecule has 1 N–H and O–H groups in total. The molecule has 0 aliphatic carbocycles. The fourth-order valence-corrected chi connectivity index (χ4v) is 2.50. The first-order valence-corrected chi connectivity index (χ1v) is 8.67. The standard InChI is InChI=1S/C21H19N3O5/c1-14-6-5-9-19(24-14)28-11-15-10-20(23-13-22-15)29-18-8-4-3-7-16(18)17(12-27-2)21(25)26/h3-10,12-13H,11H2,1-2H3,(H,25,26)/b17-12+. The quantitative estimate of drug-likeness (QED) is 0.457. The lowest BCUT2D eigenvalue weighted by Crippen LogP contribution is -2.04. The maximum absolute atomic E-state index is 11.5. The largest absolute Gasteiger partial charge is 0.503 e. The van der Waals surface area contributed by atoms with Crippen LogP contribution in [-0.2, 0) is 16.1 Å². The fourth-order valence-electron chi connectivity index (χ4n) is 2.50. The average Bonchev–Trinajstić information content (AvgIpc) is 2.71. The number of para-hydroxylation sites is 1. The molecule has 0 bridgehead atoms. The van der Waals surface area contributed by atoms with E-state index < -0.39 is 5.97 Å². The summed E-state index contributed by atoms with van der Waals surface area (Å²) in [4.78, 5) is 24.1. The number of carbonyl (C=O) groups is 1. The molecule has 0 radical (unpaired) electrons. The van der Waals surface area contributed by atoms with Crippen LogP contribution in [0.5, 0.6) is 17.5 Å².